The fourth-order valence-corrected chi connectivity index (χ4v) is 2.64. The Kier molecular flexibility index (Phi) is 6.78. The second-order valence-corrected chi connectivity index (χ2v) is 7.60. The van der Waals surface area contributed by atoms with Gasteiger partial charge in [-0.1, -0.05) is 6.07 Å². The maximum absolute atomic E-state index is 11.8. The number of hydrogen-bond acceptors (Lipinski definition) is 6. The summed E-state index contributed by atoms with van der Waals surface area (Å²) in [6.07, 6.45) is -0.482. The van der Waals surface area contributed by atoms with Crippen LogP contribution < -0.4 is 15.4 Å². The molecule has 1 heterocycles. The lowest BCUT2D eigenvalue weighted by atomic mass is 10.2. The summed E-state index contributed by atoms with van der Waals surface area (Å²) in [7, 11) is 0. The molecule has 7 heteroatoms. The summed E-state index contributed by atoms with van der Waals surface area (Å²) in [6, 6.07) is 7.24. The molecular formula is C18H25N3O3S. The van der Waals surface area contributed by atoms with Gasteiger partial charge in [0.1, 0.15) is 18.0 Å². The quantitative estimate of drug-likeness (QED) is 0.728. The highest BCUT2D eigenvalue weighted by Crippen LogP contribution is 2.18. The first kappa shape index (κ1) is 19.2. The van der Waals surface area contributed by atoms with Crippen LogP contribution in [0.1, 0.15) is 31.5 Å². The number of benzene rings is 1. The van der Waals surface area contributed by atoms with E-state index in [4.69, 9.17) is 9.47 Å². The van der Waals surface area contributed by atoms with Crippen molar-refractivity contribution >= 4 is 23.1 Å². The van der Waals surface area contributed by atoms with E-state index in [-0.39, 0.29) is 0 Å². The molecule has 1 aromatic carbocycles. The predicted octanol–water partition coefficient (Wildman–Crippen LogP) is 3.97. The van der Waals surface area contributed by atoms with E-state index < -0.39 is 11.7 Å². The molecule has 0 aliphatic rings. The molecule has 2 N–H and O–H groups in total. The number of hydrogen-bond donors (Lipinski definition) is 2. The van der Waals surface area contributed by atoms with Gasteiger partial charge in [-0.05, 0) is 39.8 Å². The number of nitrogens with one attached hydrogen (secondary N) is 2. The minimum absolute atomic E-state index is 0.482. The summed E-state index contributed by atoms with van der Waals surface area (Å²) in [6.45, 7) is 9.44. The Hall–Kier alpha value is -2.12. The normalized spacial score (nSPS) is 11.2. The van der Waals surface area contributed by atoms with Crippen molar-refractivity contribution in [3.8, 4) is 5.75 Å². The molecule has 2 rings (SSSR count). The molecule has 0 saturated carbocycles. The van der Waals surface area contributed by atoms with Gasteiger partial charge in [-0.25, -0.2) is 9.78 Å². The standard InChI is InChI=1S/C18H25N3O3S/c1-13-20-15(12-25-13)11-19-8-9-23-16-7-5-6-14(10-16)21-17(22)24-18(2,3)4/h5-7,10,12,19H,8-9,11H2,1-4H3,(H,21,22). The van der Waals surface area contributed by atoms with Crippen LogP contribution in [-0.4, -0.2) is 29.8 Å². The summed E-state index contributed by atoms with van der Waals surface area (Å²) in [5.41, 5.74) is 1.16. The Balaban J connectivity index is 1.72. The minimum Gasteiger partial charge on any atom is -0.492 e. The molecule has 0 saturated heterocycles. The number of nitrogens with zero attached hydrogens (tertiary/aromatic N) is 1. The third-order valence-electron chi connectivity index (χ3n) is 3.00. The topological polar surface area (TPSA) is 72.5 Å². The number of carbonyl (C=O) groups excluding carboxylic acids is 1. The highest BCUT2D eigenvalue weighted by Gasteiger charge is 2.16. The highest BCUT2D eigenvalue weighted by molar-refractivity contribution is 7.09. The summed E-state index contributed by atoms with van der Waals surface area (Å²) in [5.74, 6) is 0.694. The van der Waals surface area contributed by atoms with Crippen molar-refractivity contribution in [2.45, 2.75) is 39.8 Å². The molecule has 2 aromatic rings. The van der Waals surface area contributed by atoms with Crippen LogP contribution in [0.3, 0.4) is 0 Å². The zero-order valence-corrected chi connectivity index (χ0v) is 15.9. The molecule has 0 radical (unpaired) electrons. The van der Waals surface area contributed by atoms with Crippen LogP contribution in [0.15, 0.2) is 29.6 Å². The van der Waals surface area contributed by atoms with Gasteiger partial charge in [0.2, 0.25) is 0 Å². The van der Waals surface area contributed by atoms with E-state index in [1.165, 1.54) is 0 Å². The lowest BCUT2D eigenvalue weighted by Gasteiger charge is -2.19. The SMILES string of the molecule is Cc1nc(CNCCOc2cccc(NC(=O)OC(C)(C)C)c2)cs1. The van der Waals surface area contributed by atoms with E-state index in [1.807, 2.05) is 39.8 Å². The number of ether oxygens (including phenoxy) is 2. The summed E-state index contributed by atoms with van der Waals surface area (Å²) < 4.78 is 10.9. The van der Waals surface area contributed by atoms with Gasteiger partial charge < -0.3 is 14.8 Å². The molecule has 0 spiro atoms. The Labute approximate surface area is 152 Å². The molecule has 1 amide bonds. The number of amides is 1. The Morgan fingerprint density at radius 2 is 2.12 bits per heavy atom. The van der Waals surface area contributed by atoms with Crippen molar-refractivity contribution in [2.75, 3.05) is 18.5 Å². The second kappa shape index (κ2) is 8.82. The lowest BCUT2D eigenvalue weighted by Crippen LogP contribution is -2.27. The second-order valence-electron chi connectivity index (χ2n) is 6.54. The largest absolute Gasteiger partial charge is 0.492 e. The molecule has 0 atom stereocenters. The molecule has 0 aliphatic carbocycles. The number of aryl methyl sites for hydroxylation is 1. The van der Waals surface area contributed by atoms with Crippen LogP contribution in [-0.2, 0) is 11.3 Å². The lowest BCUT2D eigenvalue weighted by molar-refractivity contribution is 0.0636. The van der Waals surface area contributed by atoms with Crippen molar-refractivity contribution in [2.24, 2.45) is 0 Å². The molecular weight excluding hydrogens is 338 g/mol. The van der Waals surface area contributed by atoms with Crippen LogP contribution in [0, 0.1) is 6.92 Å². The summed E-state index contributed by atoms with van der Waals surface area (Å²) in [4.78, 5) is 16.2. The number of carbonyl (C=O) groups is 1. The van der Waals surface area contributed by atoms with Gasteiger partial charge in [0.05, 0.1) is 10.7 Å². The van der Waals surface area contributed by atoms with Gasteiger partial charge in [0, 0.05) is 30.2 Å². The maximum atomic E-state index is 11.8. The van der Waals surface area contributed by atoms with Gasteiger partial charge in [-0.2, -0.15) is 0 Å². The third kappa shape index (κ3) is 7.53. The monoisotopic (exact) mass is 363 g/mol. The molecule has 25 heavy (non-hydrogen) atoms. The van der Waals surface area contributed by atoms with Crippen molar-refractivity contribution in [3.05, 3.63) is 40.3 Å². The fraction of sp³-hybridized carbons (Fsp3) is 0.444. The van der Waals surface area contributed by atoms with Crippen LogP contribution >= 0.6 is 11.3 Å². The molecule has 0 bridgehead atoms. The van der Waals surface area contributed by atoms with E-state index in [9.17, 15) is 4.79 Å². The summed E-state index contributed by atoms with van der Waals surface area (Å²) >= 11 is 1.65. The van der Waals surface area contributed by atoms with Crippen LogP contribution in [0.2, 0.25) is 0 Å². The smallest absolute Gasteiger partial charge is 0.412 e. The summed E-state index contributed by atoms with van der Waals surface area (Å²) in [5, 5.41) is 9.11. The first-order chi connectivity index (χ1) is 11.8. The molecule has 0 unspecified atom stereocenters. The van der Waals surface area contributed by atoms with E-state index in [0.29, 0.717) is 24.6 Å². The Bertz CT molecular complexity index is 695. The van der Waals surface area contributed by atoms with Gasteiger partial charge in [-0.15, -0.1) is 11.3 Å². The van der Waals surface area contributed by atoms with Crippen molar-refractivity contribution in [1.82, 2.24) is 10.3 Å². The zero-order chi connectivity index (χ0) is 18.3. The zero-order valence-electron chi connectivity index (χ0n) is 15.1. The predicted molar refractivity (Wildman–Crippen MR) is 100 cm³/mol. The number of rotatable bonds is 7. The van der Waals surface area contributed by atoms with Crippen molar-refractivity contribution in [1.29, 1.82) is 0 Å². The van der Waals surface area contributed by atoms with E-state index in [1.54, 1.807) is 23.5 Å². The van der Waals surface area contributed by atoms with Gasteiger partial charge in [-0.3, -0.25) is 5.32 Å². The van der Waals surface area contributed by atoms with E-state index >= 15 is 0 Å². The van der Waals surface area contributed by atoms with Crippen LogP contribution in [0.25, 0.3) is 0 Å². The average molecular weight is 363 g/mol. The molecule has 1 aromatic heterocycles. The highest BCUT2D eigenvalue weighted by atomic mass is 32.1. The molecule has 6 nitrogen and oxygen atoms in total. The number of anilines is 1. The maximum Gasteiger partial charge on any atom is 0.412 e. The molecule has 0 aliphatic heterocycles. The Morgan fingerprint density at radius 1 is 1.32 bits per heavy atom. The van der Waals surface area contributed by atoms with E-state index in [0.717, 1.165) is 17.2 Å². The molecule has 0 fully saturated rings. The van der Waals surface area contributed by atoms with Gasteiger partial charge in [0.15, 0.2) is 0 Å². The molecule has 136 valence electrons. The van der Waals surface area contributed by atoms with Gasteiger partial charge in [0.25, 0.3) is 0 Å². The first-order valence-electron chi connectivity index (χ1n) is 8.16. The Morgan fingerprint density at radius 3 is 2.80 bits per heavy atom. The van der Waals surface area contributed by atoms with Crippen molar-refractivity contribution in [3.63, 3.8) is 0 Å². The number of thiazole rings is 1. The van der Waals surface area contributed by atoms with E-state index in [2.05, 4.69) is 21.0 Å². The van der Waals surface area contributed by atoms with Crippen LogP contribution in [0.5, 0.6) is 5.75 Å². The minimum atomic E-state index is -0.528. The fourth-order valence-electron chi connectivity index (χ4n) is 2.03. The van der Waals surface area contributed by atoms with Crippen LogP contribution in [0.4, 0.5) is 10.5 Å². The van der Waals surface area contributed by atoms with Crippen molar-refractivity contribution < 1.29 is 14.3 Å². The average Bonchev–Trinajstić information content (AvgIpc) is 2.91. The number of aromatic nitrogens is 1. The van der Waals surface area contributed by atoms with Gasteiger partial charge >= 0.3 is 6.09 Å². The first-order valence-corrected chi connectivity index (χ1v) is 9.04. The third-order valence-corrected chi connectivity index (χ3v) is 3.82.